The maximum absolute atomic E-state index is 14.8. The van der Waals surface area contributed by atoms with Gasteiger partial charge >= 0.3 is 0 Å². The fraction of sp³-hybridized carbons (Fsp3) is 0.649. The van der Waals surface area contributed by atoms with Crippen LogP contribution < -0.4 is 16.4 Å². The number of aromatic nitrogens is 3. The topological polar surface area (TPSA) is 224 Å². The van der Waals surface area contributed by atoms with E-state index in [2.05, 4.69) is 20.9 Å². The van der Waals surface area contributed by atoms with E-state index in [1.807, 2.05) is 0 Å². The number of sulfone groups is 1. The smallest absolute Gasteiger partial charge is 0.287 e. The molecule has 4 amide bonds. The number of hydrogen-bond donors (Lipinski definition) is 4. The second-order valence-electron chi connectivity index (χ2n) is 15.9. The molecule has 4 fully saturated rings. The van der Waals surface area contributed by atoms with Crippen LogP contribution in [-0.2, 0) is 34.6 Å². The highest BCUT2D eigenvalue weighted by Crippen LogP contribution is 2.36. The minimum atomic E-state index is -3.49. The van der Waals surface area contributed by atoms with Crippen molar-refractivity contribution in [2.45, 2.75) is 119 Å². The lowest BCUT2D eigenvalue weighted by atomic mass is 9.84. The van der Waals surface area contributed by atoms with Gasteiger partial charge in [0.2, 0.25) is 17.6 Å². The third-order valence-corrected chi connectivity index (χ3v) is 14.2. The number of rotatable bonds is 14. The summed E-state index contributed by atoms with van der Waals surface area (Å²) in [5, 5.41) is 24.9. The maximum Gasteiger partial charge on any atom is 0.287 e. The number of hydrogen-bond acceptors (Lipinski definition) is 11. The summed E-state index contributed by atoms with van der Waals surface area (Å²) < 4.78 is 27.2. The zero-order valence-electron chi connectivity index (χ0n) is 30.9. The number of Topliss-reactive ketones (excluding diaryl/α,β-unsaturated/α-hetero) is 1. The first-order valence-corrected chi connectivity index (χ1v) is 21.7. The van der Waals surface area contributed by atoms with Gasteiger partial charge in [0.25, 0.3) is 11.8 Å². The Morgan fingerprint density at radius 3 is 2.30 bits per heavy atom. The summed E-state index contributed by atoms with van der Waals surface area (Å²) in [6, 6.07) is 2.96. The average molecular weight is 786 g/mol. The van der Waals surface area contributed by atoms with E-state index in [1.54, 1.807) is 25.6 Å². The molecule has 2 aliphatic heterocycles. The summed E-state index contributed by atoms with van der Waals surface area (Å²) in [6.07, 6.45) is 8.81. The molecule has 0 radical (unpaired) electrons. The predicted molar refractivity (Wildman–Crippen MR) is 200 cm³/mol. The number of likely N-dealkylation sites (tertiary alicyclic amines) is 1. The van der Waals surface area contributed by atoms with Gasteiger partial charge in [-0.2, -0.15) is 11.8 Å². The molecule has 17 heteroatoms. The fourth-order valence-electron chi connectivity index (χ4n) is 8.04. The number of carbonyl (C=O) groups excluding carboxylic acids is 5. The van der Waals surface area contributed by atoms with E-state index in [0.29, 0.717) is 23.6 Å². The highest BCUT2D eigenvalue weighted by Gasteiger charge is 2.49. The lowest BCUT2D eigenvalue weighted by Crippen LogP contribution is -2.63. The molecule has 4 aliphatic rings. The Morgan fingerprint density at radius 1 is 1.02 bits per heavy atom. The molecular weight excluding hydrogens is 735 g/mol. The fourth-order valence-corrected chi connectivity index (χ4v) is 10.9. The number of thioether (sulfide) groups is 1. The van der Waals surface area contributed by atoms with E-state index in [-0.39, 0.29) is 53.9 Å². The normalized spacial score (nSPS) is 22.7. The molecule has 15 nitrogen and oxygen atoms in total. The highest BCUT2D eigenvalue weighted by atomic mass is 32.2. The van der Waals surface area contributed by atoms with Crippen molar-refractivity contribution in [2.24, 2.45) is 17.6 Å². The van der Waals surface area contributed by atoms with Crippen LogP contribution in [0.5, 0.6) is 0 Å². The molecule has 1 aromatic heterocycles. The summed E-state index contributed by atoms with van der Waals surface area (Å²) in [7, 11) is -3.49. The third-order valence-electron chi connectivity index (χ3n) is 11.3. The Bertz CT molecular complexity index is 1840. The van der Waals surface area contributed by atoms with Crippen LogP contribution in [0.2, 0.25) is 0 Å². The van der Waals surface area contributed by atoms with Gasteiger partial charge in [0.1, 0.15) is 23.2 Å². The molecule has 0 bridgehead atoms. The number of carbonyl (C=O) groups is 5. The van der Waals surface area contributed by atoms with Gasteiger partial charge in [-0.15, -0.1) is 5.10 Å². The van der Waals surface area contributed by atoms with Gasteiger partial charge in [-0.25, -0.2) is 13.1 Å². The van der Waals surface area contributed by atoms with Crippen molar-refractivity contribution in [3.63, 3.8) is 0 Å². The van der Waals surface area contributed by atoms with Gasteiger partial charge < -0.3 is 26.4 Å². The zero-order chi connectivity index (χ0) is 38.8. The second-order valence-corrected chi connectivity index (χ2v) is 19.2. The summed E-state index contributed by atoms with van der Waals surface area (Å²) in [5.74, 6) is -2.31. The van der Waals surface area contributed by atoms with E-state index >= 15 is 0 Å². The summed E-state index contributed by atoms with van der Waals surface area (Å²) in [5.41, 5.74) is 3.16. The van der Waals surface area contributed by atoms with Crippen LogP contribution in [0.3, 0.4) is 0 Å². The summed E-state index contributed by atoms with van der Waals surface area (Å²) in [4.78, 5) is 69.9. The number of ketones is 1. The van der Waals surface area contributed by atoms with Crippen LogP contribution in [0.1, 0.15) is 107 Å². The van der Waals surface area contributed by atoms with Gasteiger partial charge in [0.15, 0.2) is 9.84 Å². The first-order chi connectivity index (χ1) is 25.6. The SMILES string of the molecule is CC(C)(O)c1cnnn1C1CC(C(=O)NC2(C(=O)C(N)=O)CCSCC2)N(C(=O)[C@@H](CC2CCCCC2)NC(=O)c2ccc(S(=O)(=O)CC3CC3)cc2)C1. The number of amides is 4. The Balaban J connectivity index is 1.30. The van der Waals surface area contributed by atoms with Crippen LogP contribution >= 0.6 is 11.8 Å². The molecule has 0 spiro atoms. The highest BCUT2D eigenvalue weighted by molar-refractivity contribution is 7.99. The van der Waals surface area contributed by atoms with Crippen molar-refractivity contribution < 1.29 is 37.5 Å². The van der Waals surface area contributed by atoms with E-state index < -0.39 is 68.5 Å². The van der Waals surface area contributed by atoms with Crippen LogP contribution in [0.15, 0.2) is 35.4 Å². The maximum atomic E-state index is 14.8. The van der Waals surface area contributed by atoms with E-state index in [1.165, 1.54) is 40.0 Å². The van der Waals surface area contributed by atoms with E-state index in [4.69, 9.17) is 5.73 Å². The molecule has 54 heavy (non-hydrogen) atoms. The van der Waals surface area contributed by atoms with Gasteiger partial charge in [-0.1, -0.05) is 37.3 Å². The third kappa shape index (κ3) is 8.99. The lowest BCUT2D eigenvalue weighted by molar-refractivity contribution is -0.145. The molecule has 2 saturated heterocycles. The first-order valence-electron chi connectivity index (χ1n) is 18.9. The average Bonchev–Trinajstić information content (AvgIpc) is 3.59. The number of nitrogens with two attached hydrogens (primary N) is 1. The molecule has 5 N–H and O–H groups in total. The summed E-state index contributed by atoms with van der Waals surface area (Å²) >= 11 is 1.59. The number of primary amides is 1. The largest absolute Gasteiger partial charge is 0.384 e. The molecule has 2 unspecified atom stereocenters. The lowest BCUT2D eigenvalue weighted by Gasteiger charge is -2.37. The molecule has 3 heterocycles. The van der Waals surface area contributed by atoms with Gasteiger partial charge in [0.05, 0.1) is 28.6 Å². The second kappa shape index (κ2) is 16.1. The molecule has 294 valence electrons. The Kier molecular flexibility index (Phi) is 11.9. The van der Waals surface area contributed by atoms with Crippen molar-refractivity contribution in [3.05, 3.63) is 41.7 Å². The van der Waals surface area contributed by atoms with Crippen molar-refractivity contribution in [2.75, 3.05) is 23.8 Å². The van der Waals surface area contributed by atoms with Crippen LogP contribution in [0, 0.1) is 11.8 Å². The van der Waals surface area contributed by atoms with Crippen LogP contribution in [0.25, 0.3) is 0 Å². The van der Waals surface area contributed by atoms with Crippen LogP contribution in [-0.4, -0.2) is 104 Å². The van der Waals surface area contributed by atoms with Crippen LogP contribution in [0.4, 0.5) is 0 Å². The minimum Gasteiger partial charge on any atom is -0.384 e. The van der Waals surface area contributed by atoms with Gasteiger partial charge in [0, 0.05) is 18.5 Å². The van der Waals surface area contributed by atoms with E-state index in [9.17, 15) is 37.5 Å². The van der Waals surface area contributed by atoms with Gasteiger partial charge in [-0.3, -0.25) is 24.0 Å². The molecular formula is C37H51N7O8S2. The van der Waals surface area contributed by atoms with Crippen molar-refractivity contribution >= 4 is 51.0 Å². The van der Waals surface area contributed by atoms with Crippen molar-refractivity contribution in [3.8, 4) is 0 Å². The molecule has 2 saturated carbocycles. The van der Waals surface area contributed by atoms with E-state index in [0.717, 1.165) is 44.9 Å². The molecule has 2 aromatic rings. The Hall–Kier alpha value is -3.83. The predicted octanol–water partition coefficient (Wildman–Crippen LogP) is 2.04. The standard InChI is InChI=1S/C37H51N7O8S2/c1-36(2,50)30-20-39-42-44(30)26-19-29(34(48)41-37(31(45)32(38)46)14-16-53-17-15-37)43(21-26)35(49)28(18-23-6-4-3-5-7-23)40-33(47)25-10-12-27(13-11-25)54(51,52)22-24-8-9-24/h10-13,20,23-24,26,28-29,50H,3-9,14-19,21-22H2,1-2H3,(H2,38,46)(H,40,47)(H,41,48)/t26?,28-,29?/m1/s1. The zero-order valence-corrected chi connectivity index (χ0v) is 32.5. The van der Waals surface area contributed by atoms with Crippen molar-refractivity contribution in [1.82, 2.24) is 30.5 Å². The minimum absolute atomic E-state index is 0.0133. The number of nitrogens with zero attached hydrogens (tertiary/aromatic N) is 4. The molecule has 3 atom stereocenters. The molecule has 1 aromatic carbocycles. The monoisotopic (exact) mass is 785 g/mol. The Morgan fingerprint density at radius 2 is 1.69 bits per heavy atom. The molecule has 2 aliphatic carbocycles. The summed E-state index contributed by atoms with van der Waals surface area (Å²) in [6.45, 7) is 3.14. The quantitative estimate of drug-likeness (QED) is 0.203. The number of nitrogens with one attached hydrogen (secondary N) is 2. The molecule has 6 rings (SSSR count). The first kappa shape index (κ1) is 39.9. The number of benzene rings is 1. The Labute approximate surface area is 319 Å². The van der Waals surface area contributed by atoms with Crippen molar-refractivity contribution in [1.29, 1.82) is 0 Å². The number of aliphatic hydroxyl groups is 1. The van der Waals surface area contributed by atoms with Gasteiger partial charge in [-0.05, 0) is 93.6 Å².